The number of aryl methyl sites for hydroxylation is 2. The number of sulfonamides is 1. The molecule has 1 atom stereocenters. The molecule has 1 aromatic rings. The highest BCUT2D eigenvalue weighted by Gasteiger charge is 2.64. The number of halogens is 3. The molecule has 1 N–H and O–H groups in total. The molecular weight excluding hydrogens is 321 g/mol. The van der Waals surface area contributed by atoms with E-state index in [0.717, 1.165) is 5.56 Å². The Kier molecular flexibility index (Phi) is 3.77. The van der Waals surface area contributed by atoms with Gasteiger partial charge in [-0.2, -0.15) is 26.7 Å². The standard InChI is InChI=1S/C13H15F3N2O3S/c1-8-4-5-11(9(2)6-8)22(20,21)18-12(19,13(14,15)16)7-10(3)17-18/h4-6,19H,7H2,1-3H3/t12-/m0/s1. The van der Waals surface area contributed by atoms with Crippen molar-refractivity contribution in [3.63, 3.8) is 0 Å². The molecule has 0 bridgehead atoms. The highest BCUT2D eigenvalue weighted by atomic mass is 32.2. The zero-order valence-corrected chi connectivity index (χ0v) is 13.0. The van der Waals surface area contributed by atoms with Crippen LogP contribution in [0, 0.1) is 13.8 Å². The topological polar surface area (TPSA) is 70.0 Å². The first-order valence-corrected chi connectivity index (χ1v) is 7.79. The molecule has 2 rings (SSSR count). The van der Waals surface area contributed by atoms with E-state index in [-0.39, 0.29) is 20.6 Å². The Morgan fingerprint density at radius 3 is 2.36 bits per heavy atom. The first kappa shape index (κ1) is 16.8. The lowest BCUT2D eigenvalue weighted by atomic mass is 10.1. The summed E-state index contributed by atoms with van der Waals surface area (Å²) in [6.07, 6.45) is -6.08. The molecule has 0 fully saturated rings. The van der Waals surface area contributed by atoms with Crippen molar-refractivity contribution in [1.29, 1.82) is 0 Å². The number of aliphatic hydroxyl groups is 1. The summed E-state index contributed by atoms with van der Waals surface area (Å²) < 4.78 is 64.3. The summed E-state index contributed by atoms with van der Waals surface area (Å²) in [7, 11) is -4.63. The van der Waals surface area contributed by atoms with Crippen molar-refractivity contribution in [3.05, 3.63) is 29.3 Å². The largest absolute Gasteiger partial charge is 0.439 e. The molecule has 5 nitrogen and oxygen atoms in total. The van der Waals surface area contributed by atoms with Crippen LogP contribution in [0.3, 0.4) is 0 Å². The van der Waals surface area contributed by atoms with E-state index in [1.54, 1.807) is 6.92 Å². The van der Waals surface area contributed by atoms with E-state index in [0.29, 0.717) is 0 Å². The molecule has 122 valence electrons. The molecule has 0 aliphatic carbocycles. The Hall–Kier alpha value is -1.61. The summed E-state index contributed by atoms with van der Waals surface area (Å²) in [6.45, 7) is 4.43. The van der Waals surface area contributed by atoms with Crippen molar-refractivity contribution < 1.29 is 26.7 Å². The Morgan fingerprint density at radius 1 is 1.27 bits per heavy atom. The second-order valence-electron chi connectivity index (χ2n) is 5.34. The van der Waals surface area contributed by atoms with Gasteiger partial charge < -0.3 is 5.11 Å². The van der Waals surface area contributed by atoms with E-state index in [9.17, 15) is 26.7 Å². The predicted octanol–water partition coefficient (Wildman–Crippen LogP) is 2.32. The van der Waals surface area contributed by atoms with E-state index in [4.69, 9.17) is 0 Å². The van der Waals surface area contributed by atoms with Crippen molar-refractivity contribution in [1.82, 2.24) is 4.41 Å². The Labute approximate surface area is 126 Å². The quantitative estimate of drug-likeness (QED) is 0.901. The fourth-order valence-corrected chi connectivity index (χ4v) is 4.05. The van der Waals surface area contributed by atoms with Gasteiger partial charge in [0.1, 0.15) is 0 Å². The van der Waals surface area contributed by atoms with E-state index in [2.05, 4.69) is 5.10 Å². The van der Waals surface area contributed by atoms with Crippen LogP contribution < -0.4 is 0 Å². The van der Waals surface area contributed by atoms with Crippen LogP contribution in [0.5, 0.6) is 0 Å². The molecule has 0 unspecified atom stereocenters. The molecule has 0 spiro atoms. The highest BCUT2D eigenvalue weighted by molar-refractivity contribution is 7.89. The van der Waals surface area contributed by atoms with Crippen molar-refractivity contribution in [3.8, 4) is 0 Å². The molecule has 9 heteroatoms. The minimum absolute atomic E-state index is 0.117. The van der Waals surface area contributed by atoms with Crippen molar-refractivity contribution >= 4 is 15.7 Å². The van der Waals surface area contributed by atoms with E-state index in [1.165, 1.54) is 32.0 Å². The lowest BCUT2D eigenvalue weighted by Crippen LogP contribution is -2.56. The number of benzene rings is 1. The van der Waals surface area contributed by atoms with Crippen LogP contribution >= 0.6 is 0 Å². The summed E-state index contributed by atoms with van der Waals surface area (Å²) in [5.74, 6) is 0. The van der Waals surface area contributed by atoms with Gasteiger partial charge in [-0.1, -0.05) is 17.7 Å². The third kappa shape index (κ3) is 2.48. The molecule has 0 radical (unpaired) electrons. The van der Waals surface area contributed by atoms with Gasteiger partial charge in [0.25, 0.3) is 15.7 Å². The van der Waals surface area contributed by atoms with Crippen molar-refractivity contribution in [2.24, 2.45) is 5.10 Å². The fourth-order valence-electron chi connectivity index (χ4n) is 2.34. The maximum atomic E-state index is 13.1. The smallest absolute Gasteiger partial charge is 0.361 e. The third-order valence-corrected chi connectivity index (χ3v) is 5.22. The van der Waals surface area contributed by atoms with E-state index in [1.807, 2.05) is 0 Å². The zero-order chi connectivity index (χ0) is 16.9. The molecule has 1 aliphatic heterocycles. The second kappa shape index (κ2) is 4.95. The van der Waals surface area contributed by atoms with Crippen LogP contribution in [0.4, 0.5) is 13.2 Å². The SMILES string of the molecule is CC1=NN(S(=O)(=O)c2ccc(C)cc2C)[C@@](O)(C(F)(F)F)C1. The van der Waals surface area contributed by atoms with E-state index < -0.39 is 28.3 Å². The maximum absolute atomic E-state index is 13.1. The first-order chi connectivity index (χ1) is 9.89. The van der Waals surface area contributed by atoms with Crippen LogP contribution in [0.2, 0.25) is 0 Å². The minimum atomic E-state index is -5.17. The minimum Gasteiger partial charge on any atom is -0.361 e. The number of nitrogens with zero attached hydrogens (tertiary/aromatic N) is 2. The Bertz CT molecular complexity index is 743. The van der Waals surface area contributed by atoms with Crippen molar-refractivity contribution in [2.45, 2.75) is 44.0 Å². The summed E-state index contributed by atoms with van der Waals surface area (Å²) >= 11 is 0. The monoisotopic (exact) mass is 336 g/mol. The molecule has 0 aromatic heterocycles. The van der Waals surface area contributed by atoms with Gasteiger partial charge in [0.2, 0.25) is 0 Å². The van der Waals surface area contributed by atoms with Crippen LogP contribution in [0.25, 0.3) is 0 Å². The molecule has 0 saturated carbocycles. The zero-order valence-electron chi connectivity index (χ0n) is 12.1. The number of rotatable bonds is 2. The third-order valence-electron chi connectivity index (χ3n) is 3.37. The Balaban J connectivity index is 2.61. The molecule has 22 heavy (non-hydrogen) atoms. The molecule has 1 heterocycles. The van der Waals surface area contributed by atoms with Gasteiger partial charge in [0, 0.05) is 12.1 Å². The van der Waals surface area contributed by atoms with Crippen molar-refractivity contribution in [2.75, 3.05) is 0 Å². The lowest BCUT2D eigenvalue weighted by molar-refractivity contribution is -0.291. The number of hydrogen-bond acceptors (Lipinski definition) is 4. The van der Waals surface area contributed by atoms with Crippen LogP contribution in [-0.2, 0) is 10.0 Å². The van der Waals surface area contributed by atoms with Gasteiger partial charge in [-0.15, -0.1) is 4.41 Å². The normalized spacial score (nSPS) is 22.9. The average Bonchev–Trinajstić information content (AvgIpc) is 2.65. The number of alkyl halides is 3. The van der Waals surface area contributed by atoms with Crippen LogP contribution in [-0.4, -0.2) is 35.6 Å². The Morgan fingerprint density at radius 2 is 1.86 bits per heavy atom. The molecule has 1 aromatic carbocycles. The van der Waals surface area contributed by atoms with Gasteiger partial charge in [-0.05, 0) is 32.4 Å². The first-order valence-electron chi connectivity index (χ1n) is 6.35. The predicted molar refractivity (Wildman–Crippen MR) is 73.7 cm³/mol. The fraction of sp³-hybridized carbons (Fsp3) is 0.462. The van der Waals surface area contributed by atoms with Gasteiger partial charge in [0.05, 0.1) is 4.90 Å². The average molecular weight is 336 g/mol. The molecule has 1 aliphatic rings. The maximum Gasteiger partial charge on any atom is 0.439 e. The highest BCUT2D eigenvalue weighted by Crippen LogP contribution is 2.43. The van der Waals surface area contributed by atoms with Gasteiger partial charge in [-0.25, -0.2) is 0 Å². The van der Waals surface area contributed by atoms with Crippen LogP contribution in [0.15, 0.2) is 28.2 Å². The van der Waals surface area contributed by atoms with Gasteiger partial charge in [-0.3, -0.25) is 0 Å². The van der Waals surface area contributed by atoms with Gasteiger partial charge >= 0.3 is 6.18 Å². The van der Waals surface area contributed by atoms with Gasteiger partial charge in [0.15, 0.2) is 0 Å². The summed E-state index contributed by atoms with van der Waals surface area (Å²) in [4.78, 5) is -0.320. The summed E-state index contributed by atoms with van der Waals surface area (Å²) in [5, 5.41) is 13.3. The van der Waals surface area contributed by atoms with Crippen LogP contribution in [0.1, 0.15) is 24.5 Å². The lowest BCUT2D eigenvalue weighted by Gasteiger charge is -2.33. The molecule has 0 amide bonds. The molecular formula is C13H15F3N2O3S. The van der Waals surface area contributed by atoms with E-state index >= 15 is 0 Å². The number of hydrogen-bond donors (Lipinski definition) is 1. The number of hydrazone groups is 1. The summed E-state index contributed by atoms with van der Waals surface area (Å²) in [5.41, 5.74) is -2.63. The summed E-state index contributed by atoms with van der Waals surface area (Å²) in [6, 6.07) is 4.21. The second-order valence-corrected chi connectivity index (χ2v) is 7.08. The molecule has 0 saturated heterocycles.